The first-order chi connectivity index (χ1) is 9.08. The second kappa shape index (κ2) is 8.16. The Morgan fingerprint density at radius 2 is 2.16 bits per heavy atom. The Morgan fingerprint density at radius 1 is 1.42 bits per heavy atom. The first kappa shape index (κ1) is 16.0. The first-order valence-electron chi connectivity index (χ1n) is 6.81. The zero-order valence-corrected chi connectivity index (χ0v) is 12.3. The van der Waals surface area contributed by atoms with E-state index < -0.39 is 5.82 Å². The van der Waals surface area contributed by atoms with Gasteiger partial charge in [-0.05, 0) is 30.5 Å². The van der Waals surface area contributed by atoms with Gasteiger partial charge in [-0.3, -0.25) is 4.79 Å². The third-order valence-electron chi connectivity index (χ3n) is 3.27. The Kier molecular flexibility index (Phi) is 6.85. The van der Waals surface area contributed by atoms with Gasteiger partial charge < -0.3 is 5.32 Å². The molecule has 0 saturated carbocycles. The van der Waals surface area contributed by atoms with Crippen LogP contribution in [0.4, 0.5) is 4.39 Å². The van der Waals surface area contributed by atoms with Crippen LogP contribution in [0.1, 0.15) is 49.9 Å². The number of rotatable bonds is 7. The molecule has 0 aliphatic carbocycles. The fraction of sp³-hybridized carbons (Fsp3) is 0.533. The molecular formula is C15H21ClFNO. The summed E-state index contributed by atoms with van der Waals surface area (Å²) in [7, 11) is 0. The maximum absolute atomic E-state index is 13.6. The molecule has 2 nitrogen and oxygen atoms in total. The summed E-state index contributed by atoms with van der Waals surface area (Å²) < 4.78 is 13.6. The number of halogens is 2. The van der Waals surface area contributed by atoms with Crippen LogP contribution >= 0.6 is 11.6 Å². The highest BCUT2D eigenvalue weighted by Gasteiger charge is 2.13. The minimum absolute atomic E-state index is 0.0507. The van der Waals surface area contributed by atoms with Crippen molar-refractivity contribution in [3.05, 3.63) is 34.6 Å². The van der Waals surface area contributed by atoms with E-state index in [1.165, 1.54) is 12.1 Å². The van der Waals surface area contributed by atoms with Crippen LogP contribution in [0.2, 0.25) is 5.02 Å². The zero-order chi connectivity index (χ0) is 14.3. The molecule has 0 unspecified atom stereocenters. The van der Waals surface area contributed by atoms with Crippen LogP contribution in [0.3, 0.4) is 0 Å². The minimum Gasteiger partial charge on any atom is -0.352 e. The molecule has 0 aliphatic rings. The molecular weight excluding hydrogens is 265 g/mol. The predicted molar refractivity (Wildman–Crippen MR) is 77.0 cm³/mol. The zero-order valence-electron chi connectivity index (χ0n) is 11.5. The van der Waals surface area contributed by atoms with Crippen molar-refractivity contribution in [2.24, 2.45) is 5.92 Å². The highest BCUT2D eigenvalue weighted by atomic mass is 35.5. The van der Waals surface area contributed by atoms with Gasteiger partial charge in [0.15, 0.2) is 0 Å². The van der Waals surface area contributed by atoms with Crippen molar-refractivity contribution in [3.8, 4) is 0 Å². The molecule has 1 amide bonds. The van der Waals surface area contributed by atoms with Gasteiger partial charge in [-0.15, -0.1) is 0 Å². The SMILES string of the molecule is CCCC[C@H](CC)CNC(=O)c1ccc(Cl)cc1F. The van der Waals surface area contributed by atoms with Crippen LogP contribution in [0.25, 0.3) is 0 Å². The molecule has 0 radical (unpaired) electrons. The fourth-order valence-electron chi connectivity index (χ4n) is 1.95. The van der Waals surface area contributed by atoms with Crippen molar-refractivity contribution in [1.29, 1.82) is 0 Å². The number of unbranched alkanes of at least 4 members (excludes halogenated alkanes) is 1. The van der Waals surface area contributed by atoms with Gasteiger partial charge in [0.1, 0.15) is 5.82 Å². The van der Waals surface area contributed by atoms with Gasteiger partial charge in [0.25, 0.3) is 5.91 Å². The highest BCUT2D eigenvalue weighted by Crippen LogP contribution is 2.15. The van der Waals surface area contributed by atoms with E-state index in [1.54, 1.807) is 0 Å². The number of carbonyl (C=O) groups excluding carboxylic acids is 1. The Hall–Kier alpha value is -1.09. The Labute approximate surface area is 119 Å². The monoisotopic (exact) mass is 285 g/mol. The number of nitrogens with one attached hydrogen (secondary N) is 1. The lowest BCUT2D eigenvalue weighted by atomic mass is 9.99. The van der Waals surface area contributed by atoms with Gasteiger partial charge in [0, 0.05) is 11.6 Å². The van der Waals surface area contributed by atoms with Crippen LogP contribution < -0.4 is 5.32 Å². The van der Waals surface area contributed by atoms with Crippen LogP contribution in [0, 0.1) is 11.7 Å². The maximum atomic E-state index is 13.6. The largest absolute Gasteiger partial charge is 0.352 e. The topological polar surface area (TPSA) is 29.1 Å². The first-order valence-corrected chi connectivity index (χ1v) is 7.19. The number of amides is 1. The quantitative estimate of drug-likeness (QED) is 0.789. The minimum atomic E-state index is -0.577. The van der Waals surface area contributed by atoms with Gasteiger partial charge in [-0.2, -0.15) is 0 Å². The summed E-state index contributed by atoms with van der Waals surface area (Å²) in [5.74, 6) is -0.491. The molecule has 1 atom stereocenters. The molecule has 106 valence electrons. The van der Waals surface area contributed by atoms with E-state index in [4.69, 9.17) is 11.6 Å². The molecule has 1 aromatic carbocycles. The molecule has 0 aliphatic heterocycles. The van der Waals surface area contributed by atoms with Gasteiger partial charge in [0.05, 0.1) is 5.56 Å². The van der Waals surface area contributed by atoms with E-state index >= 15 is 0 Å². The number of carbonyl (C=O) groups is 1. The van der Waals surface area contributed by atoms with Crippen molar-refractivity contribution in [2.45, 2.75) is 39.5 Å². The molecule has 0 fully saturated rings. The van der Waals surface area contributed by atoms with E-state index in [1.807, 2.05) is 0 Å². The van der Waals surface area contributed by atoms with Gasteiger partial charge in [-0.25, -0.2) is 4.39 Å². The molecule has 1 N–H and O–H groups in total. The second-order valence-electron chi connectivity index (χ2n) is 4.75. The maximum Gasteiger partial charge on any atom is 0.254 e. The number of hydrogen-bond donors (Lipinski definition) is 1. The molecule has 0 spiro atoms. The van der Waals surface area contributed by atoms with E-state index in [0.717, 1.165) is 31.7 Å². The van der Waals surface area contributed by atoms with Gasteiger partial charge in [0.2, 0.25) is 0 Å². The van der Waals surface area contributed by atoms with Crippen molar-refractivity contribution in [1.82, 2.24) is 5.32 Å². The molecule has 1 rings (SSSR count). The highest BCUT2D eigenvalue weighted by molar-refractivity contribution is 6.30. The normalized spacial score (nSPS) is 12.2. The molecule has 0 heterocycles. The lowest BCUT2D eigenvalue weighted by molar-refractivity contribution is 0.0942. The van der Waals surface area contributed by atoms with Crippen LogP contribution in [0.15, 0.2) is 18.2 Å². The van der Waals surface area contributed by atoms with Crippen LogP contribution in [-0.2, 0) is 0 Å². The van der Waals surface area contributed by atoms with E-state index in [-0.39, 0.29) is 11.5 Å². The third-order valence-corrected chi connectivity index (χ3v) is 3.51. The summed E-state index contributed by atoms with van der Waals surface area (Å²) in [4.78, 5) is 11.9. The van der Waals surface area contributed by atoms with E-state index in [9.17, 15) is 9.18 Å². The van der Waals surface area contributed by atoms with E-state index in [0.29, 0.717) is 17.5 Å². The molecule has 19 heavy (non-hydrogen) atoms. The summed E-state index contributed by atoms with van der Waals surface area (Å²) in [6.45, 7) is 4.85. The fourth-order valence-corrected chi connectivity index (χ4v) is 2.11. The second-order valence-corrected chi connectivity index (χ2v) is 5.19. The lowest BCUT2D eigenvalue weighted by Crippen LogP contribution is -2.29. The van der Waals surface area contributed by atoms with Crippen molar-refractivity contribution in [3.63, 3.8) is 0 Å². The predicted octanol–water partition coefficient (Wildman–Crippen LogP) is 4.43. The molecule has 0 bridgehead atoms. The van der Waals surface area contributed by atoms with E-state index in [2.05, 4.69) is 19.2 Å². The standard InChI is InChI=1S/C15H21ClFNO/c1-3-5-6-11(4-2)10-18-15(19)13-8-7-12(16)9-14(13)17/h7-9,11H,3-6,10H2,1-2H3,(H,18,19)/t11-/m0/s1. The number of benzene rings is 1. The average molecular weight is 286 g/mol. The third kappa shape index (κ3) is 5.19. The summed E-state index contributed by atoms with van der Waals surface area (Å²) in [6, 6.07) is 4.10. The molecule has 0 saturated heterocycles. The summed E-state index contributed by atoms with van der Waals surface area (Å²) >= 11 is 5.66. The van der Waals surface area contributed by atoms with Crippen molar-refractivity contribution < 1.29 is 9.18 Å². The number of hydrogen-bond acceptors (Lipinski definition) is 1. The smallest absolute Gasteiger partial charge is 0.254 e. The molecule has 1 aromatic rings. The average Bonchev–Trinajstić information content (AvgIpc) is 2.38. The summed E-state index contributed by atoms with van der Waals surface area (Å²) in [5, 5.41) is 3.09. The summed E-state index contributed by atoms with van der Waals surface area (Å²) in [5.41, 5.74) is 0.0507. The van der Waals surface area contributed by atoms with Crippen molar-refractivity contribution in [2.75, 3.05) is 6.54 Å². The van der Waals surface area contributed by atoms with Gasteiger partial charge in [-0.1, -0.05) is 44.7 Å². The Balaban J connectivity index is 2.54. The van der Waals surface area contributed by atoms with Gasteiger partial charge >= 0.3 is 0 Å². The lowest BCUT2D eigenvalue weighted by Gasteiger charge is -2.15. The van der Waals surface area contributed by atoms with Crippen molar-refractivity contribution >= 4 is 17.5 Å². The summed E-state index contributed by atoms with van der Waals surface area (Å²) in [6.07, 6.45) is 4.42. The molecule has 4 heteroatoms. The molecule has 0 aromatic heterocycles. The Bertz CT molecular complexity index is 423. The van der Waals surface area contributed by atoms with Crippen LogP contribution in [0.5, 0.6) is 0 Å². The van der Waals surface area contributed by atoms with Crippen LogP contribution in [-0.4, -0.2) is 12.5 Å². The Morgan fingerprint density at radius 3 is 2.74 bits per heavy atom.